The van der Waals surface area contributed by atoms with Crippen LogP contribution >= 0.6 is 23.2 Å². The van der Waals surface area contributed by atoms with Crippen LogP contribution in [0.2, 0.25) is 10.0 Å². The highest BCUT2D eigenvalue weighted by Crippen LogP contribution is 2.32. The van der Waals surface area contributed by atoms with Gasteiger partial charge in [-0.2, -0.15) is 4.98 Å². The molecule has 4 nitrogen and oxygen atoms in total. The average Bonchev–Trinajstić information content (AvgIpc) is 2.72. The summed E-state index contributed by atoms with van der Waals surface area (Å²) in [6.45, 7) is 4.18. The molecule has 1 aromatic carbocycles. The third kappa shape index (κ3) is 2.76. The molecule has 0 saturated heterocycles. The summed E-state index contributed by atoms with van der Waals surface area (Å²) in [5, 5.41) is 4.66. The van der Waals surface area contributed by atoms with Gasteiger partial charge in [0.1, 0.15) is 0 Å². The molecule has 2 N–H and O–H groups in total. The topological polar surface area (TPSA) is 64.9 Å². The van der Waals surface area contributed by atoms with Gasteiger partial charge in [0, 0.05) is 12.0 Å². The summed E-state index contributed by atoms with van der Waals surface area (Å²) in [6, 6.07) is 3.32. The molecule has 1 aromatic heterocycles. The predicted octanol–water partition coefficient (Wildman–Crippen LogP) is 3.82. The van der Waals surface area contributed by atoms with Gasteiger partial charge in [0.05, 0.1) is 15.7 Å². The average molecular weight is 286 g/mol. The number of halogens is 2. The van der Waals surface area contributed by atoms with Gasteiger partial charge in [0.15, 0.2) is 5.82 Å². The Hall–Kier alpha value is -1.26. The third-order valence-electron chi connectivity index (χ3n) is 2.38. The van der Waals surface area contributed by atoms with Crippen molar-refractivity contribution in [3.8, 4) is 11.5 Å². The van der Waals surface area contributed by atoms with E-state index in [0.717, 1.165) is 6.42 Å². The van der Waals surface area contributed by atoms with Gasteiger partial charge in [-0.15, -0.1) is 0 Å². The van der Waals surface area contributed by atoms with E-state index >= 15 is 0 Å². The van der Waals surface area contributed by atoms with Crippen LogP contribution in [-0.2, 0) is 6.42 Å². The standard InChI is InChI=1S/C12H13Cl2N3O/c1-6(2)3-10-16-12(18-17-10)7-4-8(13)11(15)9(14)5-7/h4-6H,3,15H2,1-2H3. The van der Waals surface area contributed by atoms with Gasteiger partial charge in [-0.05, 0) is 18.1 Å². The number of anilines is 1. The lowest BCUT2D eigenvalue weighted by atomic mass is 10.1. The van der Waals surface area contributed by atoms with Crippen molar-refractivity contribution in [1.82, 2.24) is 10.1 Å². The maximum Gasteiger partial charge on any atom is 0.258 e. The molecule has 18 heavy (non-hydrogen) atoms. The molecule has 0 unspecified atom stereocenters. The third-order valence-corrected chi connectivity index (χ3v) is 3.01. The minimum atomic E-state index is 0.351. The van der Waals surface area contributed by atoms with Crippen molar-refractivity contribution in [2.75, 3.05) is 5.73 Å². The van der Waals surface area contributed by atoms with Crippen LogP contribution in [0.3, 0.4) is 0 Å². The molecule has 0 amide bonds. The summed E-state index contributed by atoms with van der Waals surface area (Å²) in [4.78, 5) is 4.30. The van der Waals surface area contributed by atoms with Gasteiger partial charge >= 0.3 is 0 Å². The highest BCUT2D eigenvalue weighted by atomic mass is 35.5. The van der Waals surface area contributed by atoms with E-state index in [4.69, 9.17) is 33.5 Å². The van der Waals surface area contributed by atoms with E-state index in [0.29, 0.717) is 38.9 Å². The summed E-state index contributed by atoms with van der Waals surface area (Å²) in [5.41, 5.74) is 6.69. The van der Waals surface area contributed by atoms with E-state index < -0.39 is 0 Å². The fraction of sp³-hybridized carbons (Fsp3) is 0.333. The molecule has 0 atom stereocenters. The number of hydrogen-bond donors (Lipinski definition) is 1. The zero-order valence-corrected chi connectivity index (χ0v) is 11.6. The molecular weight excluding hydrogens is 273 g/mol. The number of aromatic nitrogens is 2. The van der Waals surface area contributed by atoms with E-state index in [1.54, 1.807) is 12.1 Å². The van der Waals surface area contributed by atoms with E-state index in [2.05, 4.69) is 24.0 Å². The Morgan fingerprint density at radius 3 is 2.44 bits per heavy atom. The summed E-state index contributed by atoms with van der Waals surface area (Å²) in [7, 11) is 0. The molecule has 0 bridgehead atoms. The van der Waals surface area contributed by atoms with Crippen LogP contribution in [0.4, 0.5) is 5.69 Å². The quantitative estimate of drug-likeness (QED) is 0.871. The van der Waals surface area contributed by atoms with Gasteiger partial charge in [-0.25, -0.2) is 0 Å². The van der Waals surface area contributed by atoms with Gasteiger partial charge in [0.25, 0.3) is 5.89 Å². The van der Waals surface area contributed by atoms with Crippen LogP contribution in [0.15, 0.2) is 16.7 Å². The molecule has 0 aliphatic rings. The van der Waals surface area contributed by atoms with Gasteiger partial charge in [-0.1, -0.05) is 42.2 Å². The van der Waals surface area contributed by atoms with Crippen LogP contribution in [0.5, 0.6) is 0 Å². The maximum absolute atomic E-state index is 5.96. The molecule has 2 aromatic rings. The molecule has 2 rings (SSSR count). The van der Waals surface area contributed by atoms with E-state index in [-0.39, 0.29) is 0 Å². The number of rotatable bonds is 3. The molecule has 0 fully saturated rings. The number of nitrogen functional groups attached to an aromatic ring is 1. The van der Waals surface area contributed by atoms with Crippen molar-refractivity contribution in [3.63, 3.8) is 0 Å². The van der Waals surface area contributed by atoms with Gasteiger partial charge in [-0.3, -0.25) is 0 Å². The Labute approximate surface area is 115 Å². The molecule has 6 heteroatoms. The molecular formula is C12H13Cl2N3O. The second kappa shape index (κ2) is 5.16. The predicted molar refractivity (Wildman–Crippen MR) is 72.7 cm³/mol. The second-order valence-electron chi connectivity index (χ2n) is 4.47. The number of benzene rings is 1. The SMILES string of the molecule is CC(C)Cc1noc(-c2cc(Cl)c(N)c(Cl)c2)n1. The van der Waals surface area contributed by atoms with Crippen molar-refractivity contribution < 1.29 is 4.52 Å². The largest absolute Gasteiger partial charge is 0.396 e. The highest BCUT2D eigenvalue weighted by molar-refractivity contribution is 6.39. The highest BCUT2D eigenvalue weighted by Gasteiger charge is 2.13. The molecule has 96 valence electrons. The monoisotopic (exact) mass is 285 g/mol. The summed E-state index contributed by atoms with van der Waals surface area (Å²) >= 11 is 11.9. The zero-order chi connectivity index (χ0) is 13.3. The molecule has 0 saturated carbocycles. The lowest BCUT2D eigenvalue weighted by molar-refractivity contribution is 0.418. The normalized spacial score (nSPS) is 11.2. The Morgan fingerprint density at radius 2 is 1.89 bits per heavy atom. The minimum Gasteiger partial charge on any atom is -0.396 e. The molecule has 0 aliphatic heterocycles. The van der Waals surface area contributed by atoms with Crippen LogP contribution in [0.1, 0.15) is 19.7 Å². The second-order valence-corrected chi connectivity index (χ2v) is 5.28. The van der Waals surface area contributed by atoms with Crippen LogP contribution in [-0.4, -0.2) is 10.1 Å². The summed E-state index contributed by atoms with van der Waals surface area (Å²) in [5.74, 6) is 1.53. The van der Waals surface area contributed by atoms with E-state index in [1.165, 1.54) is 0 Å². The summed E-state index contributed by atoms with van der Waals surface area (Å²) < 4.78 is 5.18. The maximum atomic E-state index is 5.96. The lowest BCUT2D eigenvalue weighted by Gasteiger charge is -2.02. The Balaban J connectivity index is 2.34. The van der Waals surface area contributed by atoms with Crippen LogP contribution in [0, 0.1) is 5.92 Å². The van der Waals surface area contributed by atoms with Crippen LogP contribution in [0.25, 0.3) is 11.5 Å². The first-order valence-corrected chi connectivity index (χ1v) is 6.30. The number of nitrogens with two attached hydrogens (primary N) is 1. The Kier molecular flexibility index (Phi) is 3.78. The van der Waals surface area contributed by atoms with Crippen molar-refractivity contribution in [2.45, 2.75) is 20.3 Å². The summed E-state index contributed by atoms with van der Waals surface area (Å²) in [6.07, 6.45) is 0.764. The molecule has 0 aliphatic carbocycles. The lowest BCUT2D eigenvalue weighted by Crippen LogP contribution is -1.95. The van der Waals surface area contributed by atoms with Gasteiger partial charge < -0.3 is 10.3 Å². The van der Waals surface area contributed by atoms with E-state index in [9.17, 15) is 0 Å². The minimum absolute atomic E-state index is 0.351. The fourth-order valence-corrected chi connectivity index (χ4v) is 2.01. The van der Waals surface area contributed by atoms with Gasteiger partial charge in [0.2, 0.25) is 0 Å². The Morgan fingerprint density at radius 1 is 1.28 bits per heavy atom. The number of nitrogens with zero attached hydrogens (tertiary/aromatic N) is 2. The molecule has 0 spiro atoms. The first-order chi connectivity index (χ1) is 8.47. The van der Waals surface area contributed by atoms with Crippen LogP contribution < -0.4 is 5.73 Å². The number of hydrogen-bond acceptors (Lipinski definition) is 4. The smallest absolute Gasteiger partial charge is 0.258 e. The Bertz CT molecular complexity index is 543. The van der Waals surface area contributed by atoms with Crippen molar-refractivity contribution in [1.29, 1.82) is 0 Å². The van der Waals surface area contributed by atoms with Crippen molar-refractivity contribution >= 4 is 28.9 Å². The fourth-order valence-electron chi connectivity index (χ4n) is 1.53. The first kappa shape index (κ1) is 13.2. The van der Waals surface area contributed by atoms with Crippen molar-refractivity contribution in [2.24, 2.45) is 5.92 Å². The zero-order valence-electron chi connectivity index (χ0n) is 10.1. The van der Waals surface area contributed by atoms with E-state index in [1.807, 2.05) is 0 Å². The molecule has 0 radical (unpaired) electrons. The van der Waals surface area contributed by atoms with Crippen molar-refractivity contribution in [3.05, 3.63) is 28.0 Å². The first-order valence-electron chi connectivity index (χ1n) is 5.55. The molecule has 1 heterocycles.